The van der Waals surface area contributed by atoms with Crippen LogP contribution in [-0.4, -0.2) is 42.8 Å². The van der Waals surface area contributed by atoms with Crippen molar-refractivity contribution in [2.75, 3.05) is 13.6 Å². The third-order valence-electron chi connectivity index (χ3n) is 4.32. The van der Waals surface area contributed by atoms with Crippen molar-refractivity contribution in [2.24, 2.45) is 5.92 Å². The molecule has 6 heteroatoms. The van der Waals surface area contributed by atoms with Crippen molar-refractivity contribution in [1.29, 1.82) is 0 Å². The smallest absolute Gasteiger partial charge is 0.407 e. The minimum atomic E-state index is -0.512. The van der Waals surface area contributed by atoms with Crippen LogP contribution < -0.4 is 5.32 Å². The van der Waals surface area contributed by atoms with Crippen molar-refractivity contribution in [1.82, 2.24) is 10.2 Å². The van der Waals surface area contributed by atoms with Gasteiger partial charge in [-0.2, -0.15) is 0 Å². The second kappa shape index (κ2) is 9.05. The highest BCUT2D eigenvalue weighted by atomic mass is 16.5. The summed E-state index contributed by atoms with van der Waals surface area (Å²) in [5.74, 6) is -0.400. The molecule has 2 rings (SSSR count). The molecule has 0 aromatic heterocycles. The van der Waals surface area contributed by atoms with Gasteiger partial charge in [0.05, 0.1) is 12.5 Å². The highest BCUT2D eigenvalue weighted by Gasteiger charge is 2.33. The van der Waals surface area contributed by atoms with E-state index in [-0.39, 0.29) is 31.0 Å². The predicted molar refractivity (Wildman–Crippen MR) is 89.2 cm³/mol. The summed E-state index contributed by atoms with van der Waals surface area (Å²) in [4.78, 5) is 36.5. The van der Waals surface area contributed by atoms with Gasteiger partial charge in [0.2, 0.25) is 5.91 Å². The molecular weight excluding hydrogens is 308 g/mol. The van der Waals surface area contributed by atoms with Crippen LogP contribution in [0.4, 0.5) is 4.79 Å². The van der Waals surface area contributed by atoms with Crippen LogP contribution in [-0.2, 0) is 20.9 Å². The van der Waals surface area contributed by atoms with Crippen molar-refractivity contribution < 1.29 is 19.1 Å². The first-order valence-electron chi connectivity index (χ1n) is 8.27. The second-order valence-corrected chi connectivity index (χ2v) is 6.09. The fourth-order valence-electron chi connectivity index (χ4n) is 3.00. The molecule has 1 aliphatic rings. The number of carbonyl (C=O) groups excluding carboxylic acids is 3. The number of nitrogens with zero attached hydrogens (tertiary/aromatic N) is 1. The zero-order chi connectivity index (χ0) is 17.4. The van der Waals surface area contributed by atoms with E-state index in [9.17, 15) is 14.4 Å². The van der Waals surface area contributed by atoms with Gasteiger partial charge in [0.15, 0.2) is 0 Å². The van der Waals surface area contributed by atoms with E-state index in [0.717, 1.165) is 24.8 Å². The molecule has 2 amide bonds. The van der Waals surface area contributed by atoms with E-state index in [1.165, 1.54) is 4.90 Å². The highest BCUT2D eigenvalue weighted by Crippen LogP contribution is 2.26. The minimum absolute atomic E-state index is 0.0699. The average molecular weight is 332 g/mol. The molecular formula is C18H24N2O4. The van der Waals surface area contributed by atoms with Gasteiger partial charge in [0.25, 0.3) is 0 Å². The zero-order valence-corrected chi connectivity index (χ0v) is 13.9. The summed E-state index contributed by atoms with van der Waals surface area (Å²) < 4.78 is 5.24. The SMILES string of the molecule is CN(CC=O)C(=O)[C@@H]1CCCC[C@@H]1NC(=O)OCc1ccccc1. The van der Waals surface area contributed by atoms with E-state index >= 15 is 0 Å². The van der Waals surface area contributed by atoms with Crippen LogP contribution in [0.1, 0.15) is 31.2 Å². The lowest BCUT2D eigenvalue weighted by Gasteiger charge is -2.33. The Balaban J connectivity index is 1.89. The summed E-state index contributed by atoms with van der Waals surface area (Å²) >= 11 is 0. The maximum atomic E-state index is 12.4. The van der Waals surface area contributed by atoms with Crippen molar-refractivity contribution in [3.05, 3.63) is 35.9 Å². The summed E-state index contributed by atoms with van der Waals surface area (Å²) in [5.41, 5.74) is 0.912. The predicted octanol–water partition coefficient (Wildman–Crippen LogP) is 2.13. The van der Waals surface area contributed by atoms with E-state index in [4.69, 9.17) is 4.74 Å². The van der Waals surface area contributed by atoms with Crippen LogP contribution in [0.15, 0.2) is 30.3 Å². The van der Waals surface area contributed by atoms with Gasteiger partial charge >= 0.3 is 6.09 Å². The van der Waals surface area contributed by atoms with Crippen LogP contribution in [0.2, 0.25) is 0 Å². The van der Waals surface area contributed by atoms with Gasteiger partial charge in [-0.05, 0) is 18.4 Å². The summed E-state index contributed by atoms with van der Waals surface area (Å²) in [7, 11) is 1.61. The summed E-state index contributed by atoms with van der Waals surface area (Å²) in [6.45, 7) is 0.267. The van der Waals surface area contributed by atoms with Gasteiger partial charge in [-0.1, -0.05) is 43.2 Å². The number of likely N-dealkylation sites (N-methyl/N-ethyl adjacent to an activating group) is 1. The molecule has 1 N–H and O–H groups in total. The fourth-order valence-corrected chi connectivity index (χ4v) is 3.00. The Kier molecular flexibility index (Phi) is 6.78. The standard InChI is InChI=1S/C18H24N2O4/c1-20(11-12-21)17(22)15-9-5-6-10-16(15)19-18(23)24-13-14-7-3-2-4-8-14/h2-4,7-8,12,15-16H,5-6,9-11,13H2,1H3,(H,19,23)/t15-,16+/m1/s1. The third-order valence-corrected chi connectivity index (χ3v) is 4.32. The summed E-state index contributed by atoms with van der Waals surface area (Å²) in [6.07, 6.45) is 3.56. The summed E-state index contributed by atoms with van der Waals surface area (Å²) in [5, 5.41) is 2.82. The molecule has 1 fully saturated rings. The van der Waals surface area contributed by atoms with E-state index < -0.39 is 6.09 Å². The summed E-state index contributed by atoms with van der Waals surface area (Å²) in [6, 6.07) is 9.19. The second-order valence-electron chi connectivity index (χ2n) is 6.09. The van der Waals surface area contributed by atoms with Crippen LogP contribution in [0.3, 0.4) is 0 Å². The van der Waals surface area contributed by atoms with E-state index in [1.54, 1.807) is 7.05 Å². The highest BCUT2D eigenvalue weighted by molar-refractivity contribution is 5.82. The maximum Gasteiger partial charge on any atom is 0.407 e. The van der Waals surface area contributed by atoms with Crippen molar-refractivity contribution >= 4 is 18.3 Å². The first-order valence-corrected chi connectivity index (χ1v) is 8.27. The van der Waals surface area contributed by atoms with Crippen LogP contribution in [0, 0.1) is 5.92 Å². The van der Waals surface area contributed by atoms with E-state index in [2.05, 4.69) is 5.32 Å². The third kappa shape index (κ3) is 5.08. The maximum absolute atomic E-state index is 12.4. The van der Waals surface area contributed by atoms with Gasteiger partial charge < -0.3 is 19.7 Å². The molecule has 0 bridgehead atoms. The Bertz CT molecular complexity index is 561. The molecule has 130 valence electrons. The number of hydrogen-bond donors (Lipinski definition) is 1. The van der Waals surface area contributed by atoms with Gasteiger partial charge in [0.1, 0.15) is 12.9 Å². The Labute approximate surface area is 142 Å². The van der Waals surface area contributed by atoms with Crippen LogP contribution in [0.5, 0.6) is 0 Å². The first-order chi connectivity index (χ1) is 11.6. The number of nitrogens with one attached hydrogen (secondary N) is 1. The molecule has 1 aliphatic carbocycles. The fraction of sp³-hybridized carbons (Fsp3) is 0.500. The van der Waals surface area contributed by atoms with Crippen LogP contribution in [0.25, 0.3) is 0 Å². The quantitative estimate of drug-likeness (QED) is 0.810. The zero-order valence-electron chi connectivity index (χ0n) is 13.9. The Hall–Kier alpha value is -2.37. The minimum Gasteiger partial charge on any atom is -0.445 e. The normalized spacial score (nSPS) is 20.0. The number of amides is 2. The lowest BCUT2D eigenvalue weighted by atomic mass is 9.83. The molecule has 1 aromatic rings. The molecule has 1 saturated carbocycles. The first kappa shape index (κ1) is 18.0. The molecule has 0 saturated heterocycles. The average Bonchev–Trinajstić information content (AvgIpc) is 2.61. The number of rotatable bonds is 6. The molecule has 0 heterocycles. The number of carbonyl (C=O) groups is 3. The Morgan fingerprint density at radius 2 is 1.96 bits per heavy atom. The van der Waals surface area contributed by atoms with Gasteiger partial charge in [0, 0.05) is 13.1 Å². The molecule has 0 spiro atoms. The molecule has 0 aliphatic heterocycles. The number of hydrogen-bond acceptors (Lipinski definition) is 4. The lowest BCUT2D eigenvalue weighted by molar-refractivity contribution is -0.137. The number of alkyl carbamates (subject to hydrolysis) is 1. The number of ether oxygens (including phenoxy) is 1. The number of benzene rings is 1. The van der Waals surface area contributed by atoms with Crippen molar-refractivity contribution in [3.8, 4) is 0 Å². The molecule has 1 aromatic carbocycles. The molecule has 6 nitrogen and oxygen atoms in total. The molecule has 24 heavy (non-hydrogen) atoms. The van der Waals surface area contributed by atoms with E-state index in [0.29, 0.717) is 12.7 Å². The molecule has 0 radical (unpaired) electrons. The largest absolute Gasteiger partial charge is 0.445 e. The monoisotopic (exact) mass is 332 g/mol. The number of aldehydes is 1. The van der Waals surface area contributed by atoms with Gasteiger partial charge in [-0.25, -0.2) is 4.79 Å². The lowest BCUT2D eigenvalue weighted by Crippen LogP contribution is -2.49. The Morgan fingerprint density at radius 3 is 2.67 bits per heavy atom. The van der Waals surface area contributed by atoms with Gasteiger partial charge in [-0.3, -0.25) is 4.79 Å². The molecule has 2 atom stereocenters. The van der Waals surface area contributed by atoms with Gasteiger partial charge in [-0.15, -0.1) is 0 Å². The van der Waals surface area contributed by atoms with Crippen molar-refractivity contribution in [3.63, 3.8) is 0 Å². The molecule has 0 unspecified atom stereocenters. The van der Waals surface area contributed by atoms with E-state index in [1.807, 2.05) is 30.3 Å². The van der Waals surface area contributed by atoms with Crippen LogP contribution >= 0.6 is 0 Å². The Morgan fingerprint density at radius 1 is 1.25 bits per heavy atom. The topological polar surface area (TPSA) is 75.7 Å². The van der Waals surface area contributed by atoms with Crippen molar-refractivity contribution in [2.45, 2.75) is 38.3 Å².